The van der Waals surface area contributed by atoms with E-state index in [1.165, 1.54) is 11.1 Å². The van der Waals surface area contributed by atoms with E-state index in [0.717, 1.165) is 37.3 Å². The van der Waals surface area contributed by atoms with Crippen LogP contribution in [-0.2, 0) is 0 Å². The number of allylic oxidation sites excluding steroid dienone is 5. The van der Waals surface area contributed by atoms with Crippen LogP contribution in [0, 0.1) is 34.6 Å². The predicted molar refractivity (Wildman–Crippen MR) is 102 cm³/mol. The lowest BCUT2D eigenvalue weighted by Gasteiger charge is -2.09. The van der Waals surface area contributed by atoms with Crippen molar-refractivity contribution in [2.75, 3.05) is 6.61 Å². The zero-order valence-corrected chi connectivity index (χ0v) is 16.6. The van der Waals surface area contributed by atoms with E-state index in [2.05, 4.69) is 32.9 Å². The summed E-state index contributed by atoms with van der Waals surface area (Å²) in [6.07, 6.45) is 9.46. The average molecular weight is 395 g/mol. The Kier molecular flexibility index (Phi) is 9.50. The first-order valence-corrected chi connectivity index (χ1v) is 9.02. The molecule has 0 saturated heterocycles. The highest BCUT2D eigenvalue weighted by Crippen LogP contribution is 2.29. The third kappa shape index (κ3) is 6.88. The van der Waals surface area contributed by atoms with E-state index in [-0.39, 0.29) is 6.61 Å². The highest BCUT2D eigenvalue weighted by Gasteiger charge is 2.26. The van der Waals surface area contributed by atoms with Crippen LogP contribution in [0.2, 0.25) is 0 Å². The van der Waals surface area contributed by atoms with Crippen LogP contribution in [0.15, 0.2) is 34.9 Å². The lowest BCUT2D eigenvalue weighted by Crippen LogP contribution is -2.07. The number of nitrogens with zero attached hydrogens (tertiary/aromatic N) is 1. The van der Waals surface area contributed by atoms with Gasteiger partial charge >= 0.3 is 0 Å². The van der Waals surface area contributed by atoms with Crippen molar-refractivity contribution < 1.29 is 22.3 Å². The number of benzene rings is 1. The summed E-state index contributed by atoms with van der Waals surface area (Å²) in [7, 11) is 0. The molecule has 0 heterocycles. The minimum atomic E-state index is -1.76. The zero-order valence-electron chi connectivity index (χ0n) is 16.6. The Morgan fingerprint density at radius 2 is 1.32 bits per heavy atom. The molecule has 0 aliphatic heterocycles. The molecular weight excluding hydrogens is 370 g/mol. The number of rotatable bonds is 9. The largest absolute Gasteiger partial charge is 0.483 e. The molecule has 0 saturated carbocycles. The van der Waals surface area contributed by atoms with Crippen molar-refractivity contribution in [2.45, 2.75) is 53.4 Å². The van der Waals surface area contributed by atoms with Crippen molar-refractivity contribution in [1.82, 2.24) is 0 Å². The molecule has 0 spiro atoms. The molecule has 0 N–H and O–H groups in total. The van der Waals surface area contributed by atoms with Crippen LogP contribution in [0.5, 0.6) is 5.75 Å². The van der Waals surface area contributed by atoms with E-state index in [9.17, 15) is 17.6 Å². The molecule has 1 aromatic carbocycles. The first kappa shape index (κ1) is 23.5. The Morgan fingerprint density at radius 1 is 0.821 bits per heavy atom. The molecule has 0 aliphatic rings. The van der Waals surface area contributed by atoms with Crippen LogP contribution >= 0.6 is 0 Å². The van der Waals surface area contributed by atoms with Gasteiger partial charge in [0.2, 0.25) is 11.6 Å². The van der Waals surface area contributed by atoms with Gasteiger partial charge in [-0.3, -0.25) is 0 Å². The molecule has 28 heavy (non-hydrogen) atoms. The number of nitriles is 1. The molecule has 0 aliphatic carbocycles. The van der Waals surface area contributed by atoms with Crippen molar-refractivity contribution in [3.8, 4) is 11.8 Å². The van der Waals surface area contributed by atoms with Gasteiger partial charge in [-0.15, -0.1) is 0 Å². The van der Waals surface area contributed by atoms with Gasteiger partial charge < -0.3 is 4.74 Å². The minimum Gasteiger partial charge on any atom is -0.483 e. The SMILES string of the molecule is CC(C)=CCC/C(C)=C/CC/C(C)=C/COc1c(F)c(F)c(C#N)c(F)c1F. The molecule has 1 aromatic rings. The van der Waals surface area contributed by atoms with Gasteiger partial charge in [-0.2, -0.15) is 14.0 Å². The second-order valence-electron chi connectivity index (χ2n) is 6.84. The normalized spacial score (nSPS) is 12.0. The van der Waals surface area contributed by atoms with Gasteiger partial charge in [-0.1, -0.05) is 28.9 Å². The summed E-state index contributed by atoms with van der Waals surface area (Å²) in [4.78, 5) is 0. The molecule has 0 unspecified atom stereocenters. The molecule has 0 atom stereocenters. The van der Waals surface area contributed by atoms with E-state index in [1.54, 1.807) is 6.08 Å². The number of hydrogen-bond acceptors (Lipinski definition) is 2. The Morgan fingerprint density at radius 3 is 1.82 bits per heavy atom. The van der Waals surface area contributed by atoms with Crippen molar-refractivity contribution in [1.29, 1.82) is 5.26 Å². The highest BCUT2D eigenvalue weighted by atomic mass is 19.2. The lowest BCUT2D eigenvalue weighted by atomic mass is 10.1. The zero-order chi connectivity index (χ0) is 21.3. The first-order valence-electron chi connectivity index (χ1n) is 9.02. The summed E-state index contributed by atoms with van der Waals surface area (Å²) in [5, 5.41) is 8.56. The maximum atomic E-state index is 13.8. The summed E-state index contributed by atoms with van der Waals surface area (Å²) >= 11 is 0. The minimum absolute atomic E-state index is 0.242. The van der Waals surface area contributed by atoms with E-state index in [0.29, 0.717) is 0 Å². The molecule has 152 valence electrons. The Hall–Kier alpha value is -2.55. The van der Waals surface area contributed by atoms with Gasteiger partial charge in [0.15, 0.2) is 17.4 Å². The molecule has 6 heteroatoms. The fourth-order valence-electron chi connectivity index (χ4n) is 2.44. The number of halogens is 4. The third-order valence-corrected chi connectivity index (χ3v) is 4.12. The standard InChI is InChI=1S/C22H25F4NO/c1-14(2)7-5-8-15(3)9-6-10-16(4)11-12-28-22-20(25)18(23)17(13-27)19(24)21(22)26/h7,9,11H,5-6,8,10,12H2,1-4H3/b15-9+,16-11+. The van der Waals surface area contributed by atoms with Crippen LogP contribution in [0.3, 0.4) is 0 Å². The van der Waals surface area contributed by atoms with Crippen molar-refractivity contribution in [2.24, 2.45) is 0 Å². The Bertz CT molecular complexity index is 799. The summed E-state index contributed by atoms with van der Waals surface area (Å²) in [5.41, 5.74) is 2.19. The van der Waals surface area contributed by atoms with Crippen LogP contribution in [0.25, 0.3) is 0 Å². The lowest BCUT2D eigenvalue weighted by molar-refractivity contribution is 0.300. The monoisotopic (exact) mass is 395 g/mol. The summed E-state index contributed by atoms with van der Waals surface area (Å²) < 4.78 is 59.5. The van der Waals surface area contributed by atoms with E-state index < -0.39 is 34.6 Å². The van der Waals surface area contributed by atoms with Gasteiger partial charge in [0.05, 0.1) is 0 Å². The second-order valence-corrected chi connectivity index (χ2v) is 6.84. The molecule has 0 aromatic heterocycles. The summed E-state index contributed by atoms with van der Waals surface area (Å²) in [6.45, 7) is 7.79. The van der Waals surface area contributed by atoms with Crippen molar-refractivity contribution in [3.63, 3.8) is 0 Å². The number of ether oxygens (including phenoxy) is 1. The van der Waals surface area contributed by atoms with Gasteiger partial charge in [0.25, 0.3) is 0 Å². The molecule has 1 rings (SSSR count). The van der Waals surface area contributed by atoms with Crippen LogP contribution < -0.4 is 4.74 Å². The predicted octanol–water partition coefficient (Wildman–Crippen LogP) is 6.91. The quantitative estimate of drug-likeness (QED) is 0.258. The van der Waals surface area contributed by atoms with Crippen molar-refractivity contribution >= 4 is 0 Å². The van der Waals surface area contributed by atoms with Crippen LogP contribution in [0.1, 0.15) is 58.9 Å². The molecule has 0 bridgehead atoms. The average Bonchev–Trinajstić information content (AvgIpc) is 2.63. The molecule has 2 nitrogen and oxygen atoms in total. The fourth-order valence-corrected chi connectivity index (χ4v) is 2.44. The van der Waals surface area contributed by atoms with Gasteiger partial charge in [0.1, 0.15) is 18.2 Å². The summed E-state index contributed by atoms with van der Waals surface area (Å²) in [5.74, 6) is -8.10. The molecular formula is C22H25F4NO. The van der Waals surface area contributed by atoms with Gasteiger partial charge in [-0.25, -0.2) is 8.78 Å². The molecule has 0 radical (unpaired) electrons. The maximum Gasteiger partial charge on any atom is 0.205 e. The highest BCUT2D eigenvalue weighted by molar-refractivity contribution is 5.40. The fraction of sp³-hybridized carbons (Fsp3) is 0.409. The van der Waals surface area contributed by atoms with Crippen LogP contribution in [-0.4, -0.2) is 6.61 Å². The topological polar surface area (TPSA) is 33.0 Å². The van der Waals surface area contributed by atoms with Gasteiger partial charge in [0, 0.05) is 0 Å². The van der Waals surface area contributed by atoms with Crippen molar-refractivity contribution in [3.05, 3.63) is 63.8 Å². The van der Waals surface area contributed by atoms with Gasteiger partial charge in [-0.05, 0) is 59.5 Å². The van der Waals surface area contributed by atoms with E-state index in [1.807, 2.05) is 6.92 Å². The summed E-state index contributed by atoms with van der Waals surface area (Å²) in [6, 6.07) is 1.09. The second kappa shape index (κ2) is 11.3. The third-order valence-electron chi connectivity index (χ3n) is 4.12. The molecule has 0 amide bonds. The Balaban J connectivity index is 2.62. The number of hydrogen-bond donors (Lipinski definition) is 0. The van der Waals surface area contributed by atoms with E-state index in [4.69, 9.17) is 10.00 Å². The van der Waals surface area contributed by atoms with E-state index >= 15 is 0 Å². The maximum absolute atomic E-state index is 13.8. The molecule has 0 fully saturated rings. The first-order chi connectivity index (χ1) is 13.2. The smallest absolute Gasteiger partial charge is 0.205 e. The Labute approximate surface area is 163 Å². The van der Waals surface area contributed by atoms with Crippen LogP contribution in [0.4, 0.5) is 17.6 Å².